The number of carbonyl (C=O) groups excluding carboxylic acids is 1. The number of benzene rings is 2. The van der Waals surface area contributed by atoms with Crippen LogP contribution in [0.5, 0.6) is 0 Å². The average Bonchev–Trinajstić information content (AvgIpc) is 3.08. The van der Waals surface area contributed by atoms with Crippen molar-refractivity contribution in [2.24, 2.45) is 4.99 Å². The number of thiazole rings is 1. The quantitative estimate of drug-likeness (QED) is 0.605. The first-order valence-electron chi connectivity index (χ1n) is 9.99. The fourth-order valence-corrected chi connectivity index (χ4v) is 4.74. The summed E-state index contributed by atoms with van der Waals surface area (Å²) in [5.41, 5.74) is 1.71. The van der Waals surface area contributed by atoms with Gasteiger partial charge in [-0.3, -0.25) is 9.36 Å². The second kappa shape index (κ2) is 8.76. The van der Waals surface area contributed by atoms with Crippen LogP contribution in [0.3, 0.4) is 0 Å². The van der Waals surface area contributed by atoms with Crippen LogP contribution in [-0.2, 0) is 9.53 Å². The Morgan fingerprint density at radius 3 is 2.53 bits per heavy atom. The number of hydrogen-bond donors (Lipinski definition) is 1. The predicted molar refractivity (Wildman–Crippen MR) is 120 cm³/mol. The first-order chi connectivity index (χ1) is 15.4. The van der Waals surface area contributed by atoms with Gasteiger partial charge in [-0.25, -0.2) is 14.6 Å². The van der Waals surface area contributed by atoms with E-state index in [1.54, 1.807) is 38.1 Å². The molecule has 1 aliphatic heterocycles. The van der Waals surface area contributed by atoms with Gasteiger partial charge in [0.25, 0.3) is 5.56 Å². The average molecular weight is 449 g/mol. The lowest BCUT2D eigenvalue weighted by Gasteiger charge is -2.24. The molecule has 0 amide bonds. The third-order valence-corrected chi connectivity index (χ3v) is 6.09. The molecule has 162 valence electrons. The second-order valence-electron chi connectivity index (χ2n) is 7.11. The Bertz CT molecular complexity index is 1420. The fraction of sp³-hybridized carbons (Fsp3) is 0.167. The monoisotopic (exact) mass is 448 g/mol. The molecule has 1 N–H and O–H groups in total. The molecule has 1 aliphatic rings. The van der Waals surface area contributed by atoms with E-state index in [4.69, 9.17) is 4.74 Å². The van der Waals surface area contributed by atoms with Crippen LogP contribution in [0.4, 0.5) is 0 Å². The summed E-state index contributed by atoms with van der Waals surface area (Å²) < 4.78 is 7.07. The minimum Gasteiger partial charge on any atom is -0.478 e. The molecule has 7 nitrogen and oxygen atoms in total. The summed E-state index contributed by atoms with van der Waals surface area (Å²) in [6.45, 7) is 3.65. The number of rotatable bonds is 5. The highest BCUT2D eigenvalue weighted by molar-refractivity contribution is 7.07. The van der Waals surface area contributed by atoms with E-state index in [1.165, 1.54) is 10.6 Å². The number of carboxylic acid groups (broad SMARTS) is 1. The van der Waals surface area contributed by atoms with Crippen LogP contribution in [0.25, 0.3) is 6.08 Å². The summed E-state index contributed by atoms with van der Waals surface area (Å²) in [6, 6.07) is 15.0. The van der Waals surface area contributed by atoms with Gasteiger partial charge in [0.05, 0.1) is 34.0 Å². The predicted octanol–water partition coefficient (Wildman–Crippen LogP) is 2.50. The van der Waals surface area contributed by atoms with Gasteiger partial charge < -0.3 is 9.84 Å². The molecule has 2 heterocycles. The van der Waals surface area contributed by atoms with Gasteiger partial charge in [-0.2, -0.15) is 0 Å². The van der Waals surface area contributed by atoms with E-state index in [0.29, 0.717) is 26.2 Å². The second-order valence-corrected chi connectivity index (χ2v) is 8.11. The molecule has 2 aromatic carbocycles. The van der Waals surface area contributed by atoms with Gasteiger partial charge in [0, 0.05) is 0 Å². The molecule has 3 aromatic rings. The van der Waals surface area contributed by atoms with E-state index in [1.807, 2.05) is 30.3 Å². The Hall–Kier alpha value is -3.78. The molecule has 0 fully saturated rings. The molecule has 8 heteroatoms. The molecule has 0 aliphatic carbocycles. The maximum Gasteiger partial charge on any atom is 0.338 e. The molecule has 1 aromatic heterocycles. The number of nitrogens with zero attached hydrogens (tertiary/aromatic N) is 2. The van der Waals surface area contributed by atoms with Crippen LogP contribution in [0.1, 0.15) is 41.4 Å². The first kappa shape index (κ1) is 21.5. The Labute approximate surface area is 187 Å². The molecule has 0 radical (unpaired) electrons. The van der Waals surface area contributed by atoms with Crippen molar-refractivity contribution in [1.82, 2.24) is 4.57 Å². The zero-order valence-electron chi connectivity index (χ0n) is 17.4. The topological polar surface area (TPSA) is 98.0 Å². The summed E-state index contributed by atoms with van der Waals surface area (Å²) in [6.07, 6.45) is 1.55. The van der Waals surface area contributed by atoms with Crippen LogP contribution >= 0.6 is 11.3 Å². The van der Waals surface area contributed by atoms with Gasteiger partial charge in [0.2, 0.25) is 0 Å². The van der Waals surface area contributed by atoms with Crippen LogP contribution in [0, 0.1) is 0 Å². The highest BCUT2D eigenvalue weighted by Gasteiger charge is 2.33. The molecule has 0 unspecified atom stereocenters. The van der Waals surface area contributed by atoms with Crippen molar-refractivity contribution in [3.8, 4) is 0 Å². The van der Waals surface area contributed by atoms with Gasteiger partial charge in [0.15, 0.2) is 4.80 Å². The van der Waals surface area contributed by atoms with Gasteiger partial charge in [-0.05, 0) is 37.1 Å². The number of carbonyl (C=O) groups is 2. The molecule has 0 saturated carbocycles. The number of esters is 1. The lowest BCUT2D eigenvalue weighted by Crippen LogP contribution is -2.39. The van der Waals surface area contributed by atoms with E-state index >= 15 is 0 Å². The lowest BCUT2D eigenvalue weighted by molar-refractivity contribution is -0.139. The zero-order valence-corrected chi connectivity index (χ0v) is 18.3. The van der Waals surface area contributed by atoms with Crippen LogP contribution < -0.4 is 14.9 Å². The van der Waals surface area contributed by atoms with Crippen molar-refractivity contribution >= 4 is 29.4 Å². The van der Waals surface area contributed by atoms with Gasteiger partial charge in [0.1, 0.15) is 0 Å². The number of carboxylic acids is 1. The number of aromatic carboxylic acids is 1. The first-order valence-corrected chi connectivity index (χ1v) is 10.8. The minimum atomic E-state index is -1.08. The third-order valence-electron chi connectivity index (χ3n) is 5.11. The maximum absolute atomic E-state index is 13.5. The summed E-state index contributed by atoms with van der Waals surface area (Å²) in [4.78, 5) is 42.8. The molecule has 32 heavy (non-hydrogen) atoms. The lowest BCUT2D eigenvalue weighted by atomic mass is 9.96. The fourth-order valence-electron chi connectivity index (χ4n) is 3.70. The summed E-state index contributed by atoms with van der Waals surface area (Å²) in [5.74, 6) is -1.60. The van der Waals surface area contributed by atoms with Crippen LogP contribution in [-0.4, -0.2) is 28.2 Å². The third kappa shape index (κ3) is 3.80. The number of allylic oxidation sites excluding steroid dienone is 1. The normalized spacial score (nSPS) is 15.8. The van der Waals surface area contributed by atoms with Crippen molar-refractivity contribution in [3.63, 3.8) is 0 Å². The molecule has 0 bridgehead atoms. The number of ether oxygens (including phenoxy) is 1. The van der Waals surface area contributed by atoms with Crippen molar-refractivity contribution in [2.75, 3.05) is 6.61 Å². The van der Waals surface area contributed by atoms with Crippen molar-refractivity contribution in [3.05, 3.63) is 102 Å². The highest BCUT2D eigenvalue weighted by Crippen LogP contribution is 2.30. The SMILES string of the molecule is CCOC(=O)C1=C(C)N=c2s/c(=C\c3ccccc3C(=O)O)c(=O)n2[C@@H]1c1ccccc1. The number of fused-ring (bicyclic) bond motifs is 1. The van der Waals surface area contributed by atoms with Crippen molar-refractivity contribution < 1.29 is 19.4 Å². The van der Waals surface area contributed by atoms with Crippen LogP contribution in [0.2, 0.25) is 0 Å². The highest BCUT2D eigenvalue weighted by atomic mass is 32.1. The van der Waals surface area contributed by atoms with Crippen molar-refractivity contribution in [2.45, 2.75) is 19.9 Å². The maximum atomic E-state index is 13.5. The Morgan fingerprint density at radius 2 is 1.84 bits per heavy atom. The van der Waals surface area contributed by atoms with Gasteiger partial charge in [-0.15, -0.1) is 0 Å². The van der Waals surface area contributed by atoms with E-state index in [2.05, 4.69) is 4.99 Å². The van der Waals surface area contributed by atoms with E-state index < -0.39 is 18.0 Å². The molecule has 0 saturated heterocycles. The van der Waals surface area contributed by atoms with Gasteiger partial charge in [-0.1, -0.05) is 59.9 Å². The molecule has 1 atom stereocenters. The molecule has 4 rings (SSSR count). The minimum absolute atomic E-state index is 0.0985. The summed E-state index contributed by atoms with van der Waals surface area (Å²) in [7, 11) is 0. The number of aromatic nitrogens is 1. The number of hydrogen-bond acceptors (Lipinski definition) is 6. The Kier molecular flexibility index (Phi) is 5.87. The van der Waals surface area contributed by atoms with Crippen molar-refractivity contribution in [1.29, 1.82) is 0 Å². The van der Waals surface area contributed by atoms with Gasteiger partial charge >= 0.3 is 11.9 Å². The molecular formula is C24H20N2O5S. The van der Waals surface area contributed by atoms with E-state index in [0.717, 1.165) is 16.9 Å². The van der Waals surface area contributed by atoms with E-state index in [9.17, 15) is 19.5 Å². The van der Waals surface area contributed by atoms with E-state index in [-0.39, 0.29) is 17.7 Å². The Morgan fingerprint density at radius 1 is 1.16 bits per heavy atom. The molecule has 0 spiro atoms. The molecular weight excluding hydrogens is 428 g/mol. The van der Waals surface area contributed by atoms with Crippen LogP contribution in [0.15, 0.2) is 75.7 Å². The summed E-state index contributed by atoms with van der Waals surface area (Å²) >= 11 is 1.16. The largest absolute Gasteiger partial charge is 0.478 e. The summed E-state index contributed by atoms with van der Waals surface area (Å²) in [5, 5.41) is 9.47. The smallest absolute Gasteiger partial charge is 0.338 e. The Balaban J connectivity index is 1.97. The zero-order chi connectivity index (χ0) is 22.8. The standard InChI is InChI=1S/C24H20N2O5S/c1-3-31-23(30)19-14(2)25-24-26(20(19)15-9-5-4-6-10-15)21(27)18(32-24)13-16-11-7-8-12-17(16)22(28)29/h4-13,20H,3H2,1-2H3,(H,28,29)/b18-13-/t20-/m1/s1.